The molecule has 2 aromatic rings. The highest BCUT2D eigenvalue weighted by molar-refractivity contribution is 5.85. The summed E-state index contributed by atoms with van der Waals surface area (Å²) in [6, 6.07) is 3.62. The molecule has 164 valence electrons. The van der Waals surface area contributed by atoms with Crippen molar-refractivity contribution in [1.29, 1.82) is 0 Å². The van der Waals surface area contributed by atoms with Crippen molar-refractivity contribution in [3.63, 3.8) is 0 Å². The Bertz CT molecular complexity index is 759. The number of pyridine rings is 1. The lowest BCUT2D eigenvalue weighted by molar-refractivity contribution is 0.441. The fraction of sp³-hybridized carbons (Fsp3) is 0.556. The van der Waals surface area contributed by atoms with Gasteiger partial charge in [0, 0.05) is 68.4 Å². The van der Waals surface area contributed by atoms with Crippen molar-refractivity contribution >= 4 is 35.9 Å². The molecule has 0 unspecified atom stereocenters. The molecule has 0 amide bonds. The van der Waals surface area contributed by atoms with Crippen LogP contribution in [0.15, 0.2) is 24.5 Å². The Morgan fingerprint density at radius 3 is 1.60 bits per heavy atom. The predicted octanol–water partition coefficient (Wildman–Crippen LogP) is -0.839. The zero-order chi connectivity index (χ0) is 20.4. The maximum Gasteiger partial charge on any atom is 0.233 e. The van der Waals surface area contributed by atoms with Gasteiger partial charge in [-0.15, -0.1) is 12.4 Å². The van der Waals surface area contributed by atoms with Gasteiger partial charge in [-0.1, -0.05) is 0 Å². The Balaban J connectivity index is 0.00000256. The molecule has 4 rings (SSSR count). The summed E-state index contributed by atoms with van der Waals surface area (Å²) in [6.07, 6.45) is 4.98. The molecule has 4 heterocycles. The van der Waals surface area contributed by atoms with E-state index < -0.39 is 0 Å². The highest BCUT2D eigenvalue weighted by atomic mass is 35.5. The van der Waals surface area contributed by atoms with E-state index in [1.54, 1.807) is 12.4 Å². The van der Waals surface area contributed by atoms with Gasteiger partial charge in [0.15, 0.2) is 0 Å². The molecule has 2 aliphatic heterocycles. The first kappa shape index (κ1) is 22.4. The summed E-state index contributed by atoms with van der Waals surface area (Å²) in [7, 11) is 0. The molecular formula is C18H30ClN11. The second kappa shape index (κ2) is 9.67. The number of hydrogen-bond acceptors (Lipinski definition) is 11. The number of nitrogens with zero attached hydrogens (tertiary/aromatic N) is 6. The highest BCUT2D eigenvalue weighted by Crippen LogP contribution is 2.23. The van der Waals surface area contributed by atoms with Crippen molar-refractivity contribution in [3.05, 3.63) is 24.5 Å². The maximum atomic E-state index is 6.17. The average Bonchev–Trinajstić information content (AvgIpc) is 2.67. The molecule has 2 saturated heterocycles. The minimum absolute atomic E-state index is 0. The lowest BCUT2D eigenvalue weighted by Crippen LogP contribution is -2.54. The van der Waals surface area contributed by atoms with E-state index in [9.17, 15) is 0 Å². The van der Waals surface area contributed by atoms with Crippen LogP contribution in [0, 0.1) is 0 Å². The molecule has 30 heavy (non-hydrogen) atoms. The molecule has 0 saturated carbocycles. The first-order valence-corrected chi connectivity index (χ1v) is 9.91. The zero-order valence-electron chi connectivity index (χ0n) is 16.8. The molecular weight excluding hydrogens is 406 g/mol. The van der Waals surface area contributed by atoms with E-state index in [-0.39, 0.29) is 36.6 Å². The van der Waals surface area contributed by atoms with E-state index in [4.69, 9.17) is 27.9 Å². The van der Waals surface area contributed by atoms with Crippen LogP contribution in [0.5, 0.6) is 0 Å². The minimum atomic E-state index is -0.0209. The topological polar surface area (TPSA) is 174 Å². The normalized spacial score (nSPS) is 26.8. The van der Waals surface area contributed by atoms with Crippen LogP contribution in [0.3, 0.4) is 0 Å². The number of piperidine rings is 2. The average molecular weight is 436 g/mol. The maximum absolute atomic E-state index is 6.17. The molecule has 2 aromatic heterocycles. The summed E-state index contributed by atoms with van der Waals surface area (Å²) in [6.45, 7) is 2.57. The van der Waals surface area contributed by atoms with Crippen molar-refractivity contribution in [2.24, 2.45) is 22.9 Å². The van der Waals surface area contributed by atoms with Gasteiger partial charge in [-0.05, 0) is 25.0 Å². The van der Waals surface area contributed by atoms with Crippen LogP contribution in [0.1, 0.15) is 12.8 Å². The van der Waals surface area contributed by atoms with Crippen molar-refractivity contribution in [3.8, 4) is 0 Å². The quantitative estimate of drug-likeness (QED) is 0.405. The van der Waals surface area contributed by atoms with Gasteiger partial charge in [-0.25, -0.2) is 0 Å². The lowest BCUT2D eigenvalue weighted by atomic mass is 10.0. The molecule has 0 bridgehead atoms. The fourth-order valence-corrected chi connectivity index (χ4v) is 3.94. The number of nitrogens with one attached hydrogen (secondary N) is 1. The summed E-state index contributed by atoms with van der Waals surface area (Å²) in [5, 5.41) is 3.23. The van der Waals surface area contributed by atoms with Gasteiger partial charge >= 0.3 is 0 Å². The molecule has 12 heteroatoms. The standard InChI is InChI=1S/C18H29N11.ClH/c19-11-5-12(20)8-28(7-11)17-25-16(24-15-1-3-23-4-2-15)26-18(27-17)29-9-13(21)6-14(22)10-29;/h1-4,11-14H,5-10,19-22H2,(H,23,24,25,26,27);1H/t11-,12+,13-,14+;. The lowest BCUT2D eigenvalue weighted by Gasteiger charge is -2.37. The molecule has 11 nitrogen and oxygen atoms in total. The fourth-order valence-electron chi connectivity index (χ4n) is 3.94. The number of rotatable bonds is 4. The van der Waals surface area contributed by atoms with Gasteiger partial charge in [0.1, 0.15) is 0 Å². The third-order valence-electron chi connectivity index (χ3n) is 5.14. The van der Waals surface area contributed by atoms with Gasteiger partial charge in [0.2, 0.25) is 17.8 Å². The Kier molecular flexibility index (Phi) is 7.21. The van der Waals surface area contributed by atoms with E-state index in [0.29, 0.717) is 44.0 Å². The van der Waals surface area contributed by atoms with Crippen LogP contribution in [0.4, 0.5) is 23.5 Å². The molecule has 0 radical (unpaired) electrons. The largest absolute Gasteiger partial charge is 0.338 e. The predicted molar refractivity (Wildman–Crippen MR) is 120 cm³/mol. The van der Waals surface area contributed by atoms with Gasteiger partial charge in [-0.2, -0.15) is 15.0 Å². The molecule has 4 atom stereocenters. The highest BCUT2D eigenvalue weighted by Gasteiger charge is 2.28. The second-order valence-electron chi connectivity index (χ2n) is 7.94. The Morgan fingerprint density at radius 2 is 1.17 bits per heavy atom. The number of halogens is 1. The third kappa shape index (κ3) is 5.43. The van der Waals surface area contributed by atoms with Crippen LogP contribution < -0.4 is 38.1 Å². The first-order chi connectivity index (χ1) is 14.0. The first-order valence-electron chi connectivity index (χ1n) is 9.91. The Labute approximate surface area is 182 Å². The van der Waals surface area contributed by atoms with Crippen LogP contribution in [0.25, 0.3) is 0 Å². The summed E-state index contributed by atoms with van der Waals surface area (Å²) in [5.41, 5.74) is 25.5. The molecule has 0 aromatic carbocycles. The van der Waals surface area contributed by atoms with E-state index in [1.165, 1.54) is 0 Å². The van der Waals surface area contributed by atoms with Crippen LogP contribution >= 0.6 is 12.4 Å². The van der Waals surface area contributed by atoms with Crippen molar-refractivity contribution < 1.29 is 0 Å². The number of aromatic nitrogens is 4. The number of nitrogens with two attached hydrogens (primary N) is 4. The zero-order valence-corrected chi connectivity index (χ0v) is 17.6. The third-order valence-corrected chi connectivity index (χ3v) is 5.14. The molecule has 2 aliphatic rings. The number of anilines is 4. The smallest absolute Gasteiger partial charge is 0.233 e. The summed E-state index contributed by atoms with van der Waals surface area (Å²) >= 11 is 0. The van der Waals surface area contributed by atoms with Gasteiger partial charge in [-0.3, -0.25) is 4.98 Å². The molecule has 0 aliphatic carbocycles. The van der Waals surface area contributed by atoms with Crippen molar-refractivity contribution in [1.82, 2.24) is 19.9 Å². The number of hydrogen-bond donors (Lipinski definition) is 5. The van der Waals surface area contributed by atoms with Gasteiger partial charge in [0.05, 0.1) is 0 Å². The molecule has 2 fully saturated rings. The SMILES string of the molecule is Cl.N[C@@H]1C[C@H](N)CN(c2nc(Nc3ccncc3)nc(N3C[C@H](N)C[C@H](N)C3)n2)C1. The summed E-state index contributed by atoms with van der Waals surface area (Å²) in [5.74, 6) is 1.53. The second-order valence-corrected chi connectivity index (χ2v) is 7.94. The summed E-state index contributed by atoms with van der Waals surface area (Å²) in [4.78, 5) is 22.0. The minimum Gasteiger partial charge on any atom is -0.338 e. The van der Waals surface area contributed by atoms with Crippen LogP contribution in [0.2, 0.25) is 0 Å². The van der Waals surface area contributed by atoms with Crippen LogP contribution in [-0.2, 0) is 0 Å². The molecule has 9 N–H and O–H groups in total. The van der Waals surface area contributed by atoms with Crippen LogP contribution in [-0.4, -0.2) is 70.3 Å². The van der Waals surface area contributed by atoms with E-state index in [1.807, 2.05) is 21.9 Å². The Hall–Kier alpha value is -2.31. The van der Waals surface area contributed by atoms with Gasteiger partial charge < -0.3 is 38.1 Å². The monoisotopic (exact) mass is 435 g/mol. The van der Waals surface area contributed by atoms with Crippen molar-refractivity contribution in [2.45, 2.75) is 37.0 Å². The van der Waals surface area contributed by atoms with E-state index in [2.05, 4.69) is 20.3 Å². The Morgan fingerprint density at radius 1 is 0.733 bits per heavy atom. The van der Waals surface area contributed by atoms with E-state index >= 15 is 0 Å². The van der Waals surface area contributed by atoms with E-state index in [0.717, 1.165) is 18.5 Å². The summed E-state index contributed by atoms with van der Waals surface area (Å²) < 4.78 is 0. The molecule has 0 spiro atoms. The van der Waals surface area contributed by atoms with Gasteiger partial charge in [0.25, 0.3) is 0 Å². The van der Waals surface area contributed by atoms with Crippen molar-refractivity contribution in [2.75, 3.05) is 41.3 Å².